The van der Waals surface area contributed by atoms with Gasteiger partial charge in [-0.05, 0) is 37.1 Å². The standard InChI is InChI=1S/C17H19Cl2NO/c1-3-11-21-16-10-5-4-9-15(16)20-12(2)13-7-6-8-14(18)17(13)19/h4-10,12,20H,3,11H2,1-2H3. The fourth-order valence-corrected chi connectivity index (χ4v) is 2.56. The number of anilines is 1. The SMILES string of the molecule is CCCOc1ccccc1NC(C)c1cccc(Cl)c1Cl. The topological polar surface area (TPSA) is 21.3 Å². The first-order chi connectivity index (χ1) is 10.1. The van der Waals surface area contributed by atoms with Crippen molar-refractivity contribution in [2.24, 2.45) is 0 Å². The molecule has 0 amide bonds. The maximum Gasteiger partial charge on any atom is 0.142 e. The number of hydrogen-bond acceptors (Lipinski definition) is 2. The number of hydrogen-bond donors (Lipinski definition) is 1. The molecule has 0 saturated heterocycles. The first kappa shape index (κ1) is 16.0. The zero-order chi connectivity index (χ0) is 15.2. The smallest absolute Gasteiger partial charge is 0.142 e. The Bertz CT molecular complexity index is 601. The molecule has 2 nitrogen and oxygen atoms in total. The van der Waals surface area contributed by atoms with E-state index in [1.165, 1.54) is 0 Å². The highest BCUT2D eigenvalue weighted by Crippen LogP contribution is 2.33. The van der Waals surface area contributed by atoms with Gasteiger partial charge in [-0.15, -0.1) is 0 Å². The van der Waals surface area contributed by atoms with Crippen molar-refractivity contribution in [2.45, 2.75) is 26.3 Å². The molecule has 0 aliphatic heterocycles. The van der Waals surface area contributed by atoms with Crippen LogP contribution in [0.5, 0.6) is 5.75 Å². The highest BCUT2D eigenvalue weighted by atomic mass is 35.5. The monoisotopic (exact) mass is 323 g/mol. The highest BCUT2D eigenvalue weighted by Gasteiger charge is 2.13. The lowest BCUT2D eigenvalue weighted by Crippen LogP contribution is -2.09. The van der Waals surface area contributed by atoms with Crippen molar-refractivity contribution in [1.82, 2.24) is 0 Å². The van der Waals surface area contributed by atoms with Gasteiger partial charge < -0.3 is 10.1 Å². The molecule has 112 valence electrons. The van der Waals surface area contributed by atoms with Crippen molar-refractivity contribution in [3.05, 3.63) is 58.1 Å². The molecule has 2 aromatic carbocycles. The molecule has 0 bridgehead atoms. The summed E-state index contributed by atoms with van der Waals surface area (Å²) in [4.78, 5) is 0. The van der Waals surface area contributed by atoms with E-state index in [0.717, 1.165) is 23.4 Å². The number of ether oxygens (including phenoxy) is 1. The van der Waals surface area contributed by atoms with Crippen LogP contribution >= 0.6 is 23.2 Å². The van der Waals surface area contributed by atoms with Gasteiger partial charge in [0.25, 0.3) is 0 Å². The molecular formula is C17H19Cl2NO. The fraction of sp³-hybridized carbons (Fsp3) is 0.294. The Balaban J connectivity index is 2.19. The molecule has 2 rings (SSSR count). The van der Waals surface area contributed by atoms with Crippen molar-refractivity contribution < 1.29 is 4.74 Å². The number of nitrogens with one attached hydrogen (secondary N) is 1. The molecule has 0 fully saturated rings. The van der Waals surface area contributed by atoms with Crippen LogP contribution in [-0.2, 0) is 0 Å². The van der Waals surface area contributed by atoms with Gasteiger partial charge in [0.15, 0.2) is 0 Å². The van der Waals surface area contributed by atoms with Crippen LogP contribution in [0.25, 0.3) is 0 Å². The van der Waals surface area contributed by atoms with Gasteiger partial charge in [0.2, 0.25) is 0 Å². The minimum absolute atomic E-state index is 0.0302. The molecule has 0 saturated carbocycles. The summed E-state index contributed by atoms with van der Waals surface area (Å²) in [5, 5.41) is 4.59. The normalized spacial score (nSPS) is 12.0. The van der Waals surface area contributed by atoms with E-state index >= 15 is 0 Å². The van der Waals surface area contributed by atoms with Crippen molar-refractivity contribution in [3.63, 3.8) is 0 Å². The van der Waals surface area contributed by atoms with Crippen molar-refractivity contribution in [2.75, 3.05) is 11.9 Å². The molecular weight excluding hydrogens is 305 g/mol. The van der Waals surface area contributed by atoms with Crippen LogP contribution in [0.3, 0.4) is 0 Å². The van der Waals surface area contributed by atoms with Gasteiger partial charge in [-0.2, -0.15) is 0 Å². The molecule has 4 heteroatoms. The van der Waals surface area contributed by atoms with Crippen LogP contribution in [0.15, 0.2) is 42.5 Å². The summed E-state index contributed by atoms with van der Waals surface area (Å²) >= 11 is 12.4. The first-order valence-electron chi connectivity index (χ1n) is 7.05. The number of benzene rings is 2. The predicted molar refractivity (Wildman–Crippen MR) is 90.7 cm³/mol. The van der Waals surface area contributed by atoms with E-state index in [4.69, 9.17) is 27.9 Å². The van der Waals surface area contributed by atoms with E-state index in [1.54, 1.807) is 6.07 Å². The third kappa shape index (κ3) is 4.05. The molecule has 2 aromatic rings. The Morgan fingerprint density at radius 1 is 1.10 bits per heavy atom. The van der Waals surface area contributed by atoms with Crippen molar-refractivity contribution in [1.29, 1.82) is 0 Å². The number of para-hydroxylation sites is 2. The average Bonchev–Trinajstić information content (AvgIpc) is 2.49. The second-order valence-electron chi connectivity index (χ2n) is 4.85. The number of halogens is 2. The van der Waals surface area contributed by atoms with Gasteiger partial charge in [0.05, 0.1) is 28.4 Å². The Hall–Kier alpha value is -1.38. The molecule has 0 aliphatic rings. The van der Waals surface area contributed by atoms with E-state index in [2.05, 4.69) is 12.2 Å². The number of rotatable bonds is 6. The molecule has 0 heterocycles. The van der Waals surface area contributed by atoms with Crippen LogP contribution in [0.2, 0.25) is 10.0 Å². The Morgan fingerprint density at radius 3 is 2.62 bits per heavy atom. The maximum atomic E-state index is 6.27. The summed E-state index contributed by atoms with van der Waals surface area (Å²) in [6.45, 7) is 4.84. The van der Waals surface area contributed by atoms with Crippen molar-refractivity contribution in [3.8, 4) is 5.75 Å². The molecule has 21 heavy (non-hydrogen) atoms. The summed E-state index contributed by atoms with van der Waals surface area (Å²) in [6, 6.07) is 13.6. The quantitative estimate of drug-likeness (QED) is 0.708. The second-order valence-corrected chi connectivity index (χ2v) is 5.64. The molecule has 1 N–H and O–H groups in total. The lowest BCUT2D eigenvalue weighted by molar-refractivity contribution is 0.318. The minimum atomic E-state index is 0.0302. The van der Waals surface area contributed by atoms with Crippen LogP contribution in [0.4, 0.5) is 5.69 Å². The van der Waals surface area contributed by atoms with E-state index in [1.807, 2.05) is 43.3 Å². The maximum absolute atomic E-state index is 6.27. The summed E-state index contributed by atoms with van der Waals surface area (Å²) in [7, 11) is 0. The average molecular weight is 324 g/mol. The molecule has 0 aliphatic carbocycles. The molecule has 1 atom stereocenters. The third-order valence-corrected chi connectivity index (χ3v) is 4.00. The Kier molecular flexibility index (Phi) is 5.77. The predicted octanol–water partition coefficient (Wildman–Crippen LogP) is 5.96. The first-order valence-corrected chi connectivity index (χ1v) is 7.81. The summed E-state index contributed by atoms with van der Waals surface area (Å²) in [5.74, 6) is 0.851. The van der Waals surface area contributed by atoms with Gasteiger partial charge in [0, 0.05) is 0 Å². The van der Waals surface area contributed by atoms with E-state index in [0.29, 0.717) is 16.7 Å². The zero-order valence-electron chi connectivity index (χ0n) is 12.2. The Labute approximate surface area is 136 Å². The minimum Gasteiger partial charge on any atom is -0.491 e. The molecule has 0 spiro atoms. The van der Waals surface area contributed by atoms with Gasteiger partial charge in [-0.3, -0.25) is 0 Å². The Morgan fingerprint density at radius 2 is 1.86 bits per heavy atom. The van der Waals surface area contributed by atoms with Crippen LogP contribution in [-0.4, -0.2) is 6.61 Å². The molecule has 0 aromatic heterocycles. The summed E-state index contributed by atoms with van der Waals surface area (Å²) in [6.07, 6.45) is 0.976. The van der Waals surface area contributed by atoms with Crippen LogP contribution in [0, 0.1) is 0 Å². The highest BCUT2D eigenvalue weighted by molar-refractivity contribution is 6.42. The largest absolute Gasteiger partial charge is 0.491 e. The lowest BCUT2D eigenvalue weighted by atomic mass is 10.1. The summed E-state index contributed by atoms with van der Waals surface area (Å²) in [5.41, 5.74) is 1.92. The van der Waals surface area contributed by atoms with Crippen molar-refractivity contribution >= 4 is 28.9 Å². The van der Waals surface area contributed by atoms with Gasteiger partial charge in [-0.1, -0.05) is 54.4 Å². The van der Waals surface area contributed by atoms with Crippen LogP contribution < -0.4 is 10.1 Å². The van der Waals surface area contributed by atoms with Crippen LogP contribution in [0.1, 0.15) is 31.9 Å². The van der Waals surface area contributed by atoms with Gasteiger partial charge >= 0.3 is 0 Å². The summed E-state index contributed by atoms with van der Waals surface area (Å²) < 4.78 is 5.76. The van der Waals surface area contributed by atoms with E-state index < -0.39 is 0 Å². The third-order valence-electron chi connectivity index (χ3n) is 3.17. The zero-order valence-corrected chi connectivity index (χ0v) is 13.7. The van der Waals surface area contributed by atoms with Gasteiger partial charge in [0.1, 0.15) is 5.75 Å². The fourth-order valence-electron chi connectivity index (χ4n) is 2.09. The molecule has 1 unspecified atom stereocenters. The molecule has 0 radical (unpaired) electrons. The van der Waals surface area contributed by atoms with E-state index in [-0.39, 0.29) is 6.04 Å². The van der Waals surface area contributed by atoms with Gasteiger partial charge in [-0.25, -0.2) is 0 Å². The second kappa shape index (κ2) is 7.58. The van der Waals surface area contributed by atoms with E-state index in [9.17, 15) is 0 Å². The lowest BCUT2D eigenvalue weighted by Gasteiger charge is -2.20.